The molecule has 1 heterocycles. The highest BCUT2D eigenvalue weighted by atomic mass is 16.5. The van der Waals surface area contributed by atoms with Crippen LogP contribution < -0.4 is 20.1 Å². The summed E-state index contributed by atoms with van der Waals surface area (Å²) in [7, 11) is 3.05. The third-order valence-corrected chi connectivity index (χ3v) is 3.45. The number of carbonyl (C=O) groups excluding carboxylic acids is 2. The summed E-state index contributed by atoms with van der Waals surface area (Å²) in [4.78, 5) is 24.2. The highest BCUT2D eigenvalue weighted by Crippen LogP contribution is 2.22. The lowest BCUT2D eigenvalue weighted by atomic mass is 10.1. The molecule has 2 rings (SSSR count). The van der Waals surface area contributed by atoms with Gasteiger partial charge in [-0.1, -0.05) is 0 Å². The molecule has 2 amide bonds. The molecule has 6 heteroatoms. The van der Waals surface area contributed by atoms with Crippen LogP contribution in [0.2, 0.25) is 0 Å². The Hall–Kier alpha value is -2.24. The van der Waals surface area contributed by atoms with Gasteiger partial charge in [-0.05, 0) is 31.4 Å². The molecule has 0 saturated carbocycles. The molecule has 2 N–H and O–H groups in total. The van der Waals surface area contributed by atoms with Crippen molar-refractivity contribution in [2.24, 2.45) is 0 Å². The standard InChI is InChI=1S/C15H20N2O4/c1-20-11-7-10(8-12(9-11)21-2)14(18)17-13-5-3-4-6-16-15(13)19/h7-9,13H,3-6H2,1-2H3,(H,16,19)(H,17,18). The smallest absolute Gasteiger partial charge is 0.252 e. The first-order valence-corrected chi connectivity index (χ1v) is 6.95. The fourth-order valence-corrected chi connectivity index (χ4v) is 2.26. The van der Waals surface area contributed by atoms with Gasteiger partial charge in [-0.25, -0.2) is 0 Å². The number of amides is 2. The molecule has 1 aromatic carbocycles. The Labute approximate surface area is 123 Å². The van der Waals surface area contributed by atoms with Gasteiger partial charge in [0.25, 0.3) is 5.91 Å². The van der Waals surface area contributed by atoms with E-state index in [0.29, 0.717) is 30.0 Å². The van der Waals surface area contributed by atoms with Gasteiger partial charge in [-0.3, -0.25) is 9.59 Å². The molecule has 0 radical (unpaired) electrons. The minimum Gasteiger partial charge on any atom is -0.497 e. The maximum Gasteiger partial charge on any atom is 0.252 e. The van der Waals surface area contributed by atoms with E-state index in [1.54, 1.807) is 18.2 Å². The minimum atomic E-state index is -0.489. The molecule has 0 bridgehead atoms. The van der Waals surface area contributed by atoms with E-state index in [-0.39, 0.29) is 11.8 Å². The molecule has 114 valence electrons. The van der Waals surface area contributed by atoms with Crippen LogP contribution in [0.5, 0.6) is 11.5 Å². The van der Waals surface area contributed by atoms with E-state index in [1.807, 2.05) is 0 Å². The van der Waals surface area contributed by atoms with E-state index < -0.39 is 6.04 Å². The van der Waals surface area contributed by atoms with Gasteiger partial charge in [0.15, 0.2) is 0 Å². The minimum absolute atomic E-state index is 0.129. The number of rotatable bonds is 4. The molecule has 0 aliphatic carbocycles. The monoisotopic (exact) mass is 292 g/mol. The van der Waals surface area contributed by atoms with Gasteiger partial charge < -0.3 is 20.1 Å². The van der Waals surface area contributed by atoms with E-state index >= 15 is 0 Å². The maximum absolute atomic E-state index is 12.3. The maximum atomic E-state index is 12.3. The highest BCUT2D eigenvalue weighted by Gasteiger charge is 2.23. The molecule has 6 nitrogen and oxygen atoms in total. The van der Waals surface area contributed by atoms with Crippen LogP contribution in [-0.4, -0.2) is 38.6 Å². The number of carbonyl (C=O) groups is 2. The summed E-state index contributed by atoms with van der Waals surface area (Å²) in [5.41, 5.74) is 0.406. The van der Waals surface area contributed by atoms with Gasteiger partial charge in [0.2, 0.25) is 5.91 Å². The number of benzene rings is 1. The Morgan fingerprint density at radius 2 is 1.86 bits per heavy atom. The van der Waals surface area contributed by atoms with Crippen LogP contribution in [0.3, 0.4) is 0 Å². The van der Waals surface area contributed by atoms with E-state index in [4.69, 9.17) is 9.47 Å². The Kier molecular flexibility index (Phi) is 5.03. The lowest BCUT2D eigenvalue weighted by Gasteiger charge is -2.16. The quantitative estimate of drug-likeness (QED) is 0.871. The first-order chi connectivity index (χ1) is 10.1. The molecular formula is C15H20N2O4. The van der Waals surface area contributed by atoms with Crippen molar-refractivity contribution in [3.8, 4) is 11.5 Å². The Balaban J connectivity index is 2.13. The molecule has 1 fully saturated rings. The largest absolute Gasteiger partial charge is 0.497 e. The van der Waals surface area contributed by atoms with Gasteiger partial charge >= 0.3 is 0 Å². The normalized spacial score (nSPS) is 18.4. The second-order valence-electron chi connectivity index (χ2n) is 4.91. The van der Waals surface area contributed by atoms with Crippen molar-refractivity contribution in [1.82, 2.24) is 10.6 Å². The predicted molar refractivity (Wildman–Crippen MR) is 77.7 cm³/mol. The average Bonchev–Trinajstić information content (AvgIpc) is 2.71. The van der Waals surface area contributed by atoms with Crippen LogP contribution in [0.25, 0.3) is 0 Å². The molecule has 21 heavy (non-hydrogen) atoms. The van der Waals surface area contributed by atoms with Crippen LogP contribution in [0, 0.1) is 0 Å². The van der Waals surface area contributed by atoms with Gasteiger partial charge in [-0.2, -0.15) is 0 Å². The first kappa shape index (κ1) is 15.2. The van der Waals surface area contributed by atoms with Gasteiger partial charge in [0, 0.05) is 18.2 Å². The first-order valence-electron chi connectivity index (χ1n) is 6.95. The van der Waals surface area contributed by atoms with Crippen LogP contribution in [-0.2, 0) is 4.79 Å². The van der Waals surface area contributed by atoms with Gasteiger partial charge in [-0.15, -0.1) is 0 Å². The van der Waals surface area contributed by atoms with Gasteiger partial charge in [0.05, 0.1) is 14.2 Å². The molecule has 0 aromatic heterocycles. The number of nitrogens with one attached hydrogen (secondary N) is 2. The third-order valence-electron chi connectivity index (χ3n) is 3.45. The zero-order chi connectivity index (χ0) is 15.2. The summed E-state index contributed by atoms with van der Waals surface area (Å²) in [5, 5.41) is 5.56. The highest BCUT2D eigenvalue weighted by molar-refractivity contribution is 5.98. The van der Waals surface area contributed by atoms with Crippen molar-refractivity contribution in [1.29, 1.82) is 0 Å². The number of hydrogen-bond donors (Lipinski definition) is 2. The molecule has 0 spiro atoms. The Morgan fingerprint density at radius 1 is 1.19 bits per heavy atom. The summed E-state index contributed by atoms with van der Waals surface area (Å²) < 4.78 is 10.3. The SMILES string of the molecule is COc1cc(OC)cc(C(=O)NC2CCCCNC2=O)c1. The molecule has 1 atom stereocenters. The Bertz CT molecular complexity index is 508. The average molecular weight is 292 g/mol. The second-order valence-corrected chi connectivity index (χ2v) is 4.91. The predicted octanol–water partition coefficient (Wildman–Crippen LogP) is 1.10. The van der Waals surface area contributed by atoms with E-state index in [9.17, 15) is 9.59 Å². The van der Waals surface area contributed by atoms with Crippen molar-refractivity contribution in [3.05, 3.63) is 23.8 Å². The van der Waals surface area contributed by atoms with Gasteiger partial charge in [0.1, 0.15) is 17.5 Å². The van der Waals surface area contributed by atoms with Crippen molar-refractivity contribution in [3.63, 3.8) is 0 Å². The number of hydrogen-bond acceptors (Lipinski definition) is 4. The molecule has 1 unspecified atom stereocenters. The van der Waals surface area contributed by atoms with Crippen LogP contribution in [0.4, 0.5) is 0 Å². The van der Waals surface area contributed by atoms with E-state index in [2.05, 4.69) is 10.6 Å². The molecule has 1 aromatic rings. The van der Waals surface area contributed by atoms with Crippen LogP contribution >= 0.6 is 0 Å². The molecular weight excluding hydrogens is 272 g/mol. The second kappa shape index (κ2) is 6.97. The van der Waals surface area contributed by atoms with E-state index in [1.165, 1.54) is 14.2 Å². The van der Waals surface area contributed by atoms with Crippen molar-refractivity contribution < 1.29 is 19.1 Å². The topological polar surface area (TPSA) is 76.7 Å². The zero-order valence-electron chi connectivity index (χ0n) is 12.3. The Morgan fingerprint density at radius 3 is 2.48 bits per heavy atom. The summed E-state index contributed by atoms with van der Waals surface area (Å²) in [6.45, 7) is 0.665. The van der Waals surface area contributed by atoms with Crippen LogP contribution in [0.1, 0.15) is 29.6 Å². The van der Waals surface area contributed by atoms with E-state index in [0.717, 1.165) is 12.8 Å². The summed E-state index contributed by atoms with van der Waals surface area (Å²) in [5.74, 6) is 0.625. The summed E-state index contributed by atoms with van der Waals surface area (Å²) >= 11 is 0. The number of methoxy groups -OCH3 is 2. The molecule has 1 aliphatic rings. The summed E-state index contributed by atoms with van der Waals surface area (Å²) in [6, 6.07) is 4.44. The van der Waals surface area contributed by atoms with Crippen molar-refractivity contribution in [2.45, 2.75) is 25.3 Å². The fourth-order valence-electron chi connectivity index (χ4n) is 2.26. The number of ether oxygens (including phenoxy) is 2. The van der Waals surface area contributed by atoms with Crippen molar-refractivity contribution >= 4 is 11.8 Å². The fraction of sp³-hybridized carbons (Fsp3) is 0.467. The molecule has 1 aliphatic heterocycles. The molecule has 1 saturated heterocycles. The van der Waals surface area contributed by atoms with Crippen LogP contribution in [0.15, 0.2) is 18.2 Å². The lowest BCUT2D eigenvalue weighted by Crippen LogP contribution is -2.45. The van der Waals surface area contributed by atoms with Crippen molar-refractivity contribution in [2.75, 3.05) is 20.8 Å². The summed E-state index contributed by atoms with van der Waals surface area (Å²) in [6.07, 6.45) is 2.49. The lowest BCUT2D eigenvalue weighted by molar-refractivity contribution is -0.122. The zero-order valence-corrected chi connectivity index (χ0v) is 12.3. The third kappa shape index (κ3) is 3.87.